The molecule has 1 N–H and O–H groups in total. The van der Waals surface area contributed by atoms with Crippen molar-refractivity contribution in [3.05, 3.63) is 29.6 Å². The summed E-state index contributed by atoms with van der Waals surface area (Å²) in [6.07, 6.45) is -1.14. The summed E-state index contributed by atoms with van der Waals surface area (Å²) in [5.74, 6) is -1.48. The molecular formula is C16H19F4NO2. The minimum atomic E-state index is -4.87. The van der Waals surface area contributed by atoms with E-state index in [0.29, 0.717) is 18.9 Å². The van der Waals surface area contributed by atoms with E-state index in [0.717, 1.165) is 25.3 Å². The number of halogens is 4. The number of aliphatic hydroxyl groups is 1. The van der Waals surface area contributed by atoms with Crippen LogP contribution in [0.25, 0.3) is 0 Å². The van der Waals surface area contributed by atoms with Crippen molar-refractivity contribution in [2.45, 2.75) is 56.2 Å². The predicted molar refractivity (Wildman–Crippen MR) is 75.4 cm³/mol. The largest absolute Gasteiger partial charge is 0.573 e. The number of nitrogens with zero attached hydrogens (tertiary/aromatic N) is 1. The number of alkyl halides is 3. The molecular weight excluding hydrogens is 314 g/mol. The molecule has 0 saturated carbocycles. The molecule has 0 spiro atoms. The highest BCUT2D eigenvalue weighted by molar-refractivity contribution is 5.33. The van der Waals surface area contributed by atoms with E-state index in [2.05, 4.69) is 9.64 Å². The van der Waals surface area contributed by atoms with E-state index < -0.39 is 23.5 Å². The van der Waals surface area contributed by atoms with Gasteiger partial charge in [-0.15, -0.1) is 13.2 Å². The van der Waals surface area contributed by atoms with Gasteiger partial charge in [0.15, 0.2) is 0 Å². The van der Waals surface area contributed by atoms with Gasteiger partial charge in [0, 0.05) is 23.7 Å². The first kappa shape index (κ1) is 16.5. The second-order valence-corrected chi connectivity index (χ2v) is 6.53. The molecule has 0 radical (unpaired) electrons. The highest BCUT2D eigenvalue weighted by atomic mass is 19.4. The van der Waals surface area contributed by atoms with Gasteiger partial charge in [0.25, 0.3) is 0 Å². The Kier molecular flexibility index (Phi) is 4.04. The van der Waals surface area contributed by atoms with Crippen molar-refractivity contribution in [3.63, 3.8) is 0 Å². The maximum atomic E-state index is 14.3. The zero-order valence-corrected chi connectivity index (χ0v) is 12.7. The molecule has 1 aromatic carbocycles. The van der Waals surface area contributed by atoms with Gasteiger partial charge in [-0.25, -0.2) is 4.39 Å². The quantitative estimate of drug-likeness (QED) is 0.840. The molecule has 2 unspecified atom stereocenters. The standard InChI is InChI=1S/C16H19F4NO2/c1-21-10-3-2-4-11(21)9-15(22,8-10)13-6-5-12(7-14(13)17)23-16(18,19)20/h5-7,10-11,22H,2-4,8-9H2,1H3. The Morgan fingerprint density at radius 1 is 1.22 bits per heavy atom. The number of hydrogen-bond donors (Lipinski definition) is 1. The van der Waals surface area contributed by atoms with Crippen LogP contribution in [0.4, 0.5) is 17.6 Å². The Morgan fingerprint density at radius 2 is 1.83 bits per heavy atom. The van der Waals surface area contributed by atoms with Crippen LogP contribution in [0.2, 0.25) is 0 Å². The first-order valence-corrected chi connectivity index (χ1v) is 7.68. The van der Waals surface area contributed by atoms with E-state index >= 15 is 0 Å². The Hall–Kier alpha value is -1.34. The molecule has 2 saturated heterocycles. The third-order valence-corrected chi connectivity index (χ3v) is 5.05. The van der Waals surface area contributed by atoms with Gasteiger partial charge in [-0.05, 0) is 44.9 Å². The van der Waals surface area contributed by atoms with E-state index in [1.807, 2.05) is 7.05 Å². The summed E-state index contributed by atoms with van der Waals surface area (Å²) in [4.78, 5) is 2.22. The number of fused-ring (bicyclic) bond motifs is 2. The Morgan fingerprint density at radius 3 is 2.35 bits per heavy atom. The molecule has 3 rings (SSSR count). The number of benzene rings is 1. The van der Waals surface area contributed by atoms with Crippen LogP contribution in [0.5, 0.6) is 5.75 Å². The fourth-order valence-electron chi connectivity index (χ4n) is 3.94. The van der Waals surface area contributed by atoms with E-state index in [1.54, 1.807) is 0 Å². The molecule has 128 valence electrons. The van der Waals surface area contributed by atoms with Gasteiger partial charge in [0.05, 0.1) is 5.60 Å². The zero-order valence-electron chi connectivity index (χ0n) is 12.7. The number of hydrogen-bond acceptors (Lipinski definition) is 3. The second kappa shape index (κ2) is 5.63. The van der Waals surface area contributed by atoms with Crippen molar-refractivity contribution in [1.82, 2.24) is 4.90 Å². The summed E-state index contributed by atoms with van der Waals surface area (Å²) in [5.41, 5.74) is -1.29. The molecule has 2 atom stereocenters. The maximum Gasteiger partial charge on any atom is 0.573 e. The van der Waals surface area contributed by atoms with Gasteiger partial charge >= 0.3 is 6.36 Å². The van der Waals surface area contributed by atoms with Crippen LogP contribution in [0.1, 0.15) is 37.7 Å². The summed E-state index contributed by atoms with van der Waals surface area (Å²) >= 11 is 0. The molecule has 2 bridgehead atoms. The fourth-order valence-corrected chi connectivity index (χ4v) is 3.94. The smallest absolute Gasteiger partial charge is 0.406 e. The van der Waals surface area contributed by atoms with E-state index in [-0.39, 0.29) is 17.6 Å². The summed E-state index contributed by atoms with van der Waals surface area (Å²) in [5, 5.41) is 10.9. The van der Waals surface area contributed by atoms with Gasteiger partial charge in [0.2, 0.25) is 0 Å². The average Bonchev–Trinajstić information content (AvgIpc) is 2.39. The van der Waals surface area contributed by atoms with Gasteiger partial charge in [0.1, 0.15) is 11.6 Å². The van der Waals surface area contributed by atoms with Crippen LogP contribution in [0.3, 0.4) is 0 Å². The van der Waals surface area contributed by atoms with Gasteiger partial charge < -0.3 is 14.7 Å². The Balaban J connectivity index is 1.86. The second-order valence-electron chi connectivity index (χ2n) is 6.53. The lowest BCUT2D eigenvalue weighted by molar-refractivity contribution is -0.274. The molecule has 3 nitrogen and oxygen atoms in total. The highest BCUT2D eigenvalue weighted by Crippen LogP contribution is 2.44. The molecule has 1 aromatic rings. The molecule has 7 heteroatoms. The van der Waals surface area contributed by atoms with Gasteiger partial charge in [-0.2, -0.15) is 0 Å². The predicted octanol–water partition coefficient (Wildman–Crippen LogP) is 3.56. The lowest BCUT2D eigenvalue weighted by Gasteiger charge is -2.50. The summed E-state index contributed by atoms with van der Waals surface area (Å²) in [6.45, 7) is 0. The monoisotopic (exact) mass is 333 g/mol. The SMILES string of the molecule is CN1C2CCCC1CC(O)(c1ccc(OC(F)(F)F)cc1F)C2. The number of rotatable bonds is 2. The Labute approximate surface area is 131 Å². The van der Waals surface area contributed by atoms with Crippen LogP contribution in [-0.2, 0) is 5.60 Å². The normalized spacial score (nSPS) is 31.9. The van der Waals surface area contributed by atoms with E-state index in [9.17, 15) is 22.7 Å². The number of ether oxygens (including phenoxy) is 1. The van der Waals surface area contributed by atoms with Crippen molar-refractivity contribution in [1.29, 1.82) is 0 Å². The van der Waals surface area contributed by atoms with Gasteiger partial charge in [-0.1, -0.05) is 6.42 Å². The summed E-state index contributed by atoms with van der Waals surface area (Å²) in [7, 11) is 2.00. The molecule has 0 aromatic heterocycles. The molecule has 2 fully saturated rings. The molecule has 2 aliphatic rings. The van der Waals surface area contributed by atoms with Crippen molar-refractivity contribution >= 4 is 0 Å². The average molecular weight is 333 g/mol. The maximum absolute atomic E-state index is 14.3. The van der Waals surface area contributed by atoms with E-state index in [1.165, 1.54) is 6.07 Å². The lowest BCUT2D eigenvalue weighted by Crippen LogP contribution is -2.55. The van der Waals surface area contributed by atoms with Crippen LogP contribution >= 0.6 is 0 Å². The topological polar surface area (TPSA) is 32.7 Å². The summed E-state index contributed by atoms with van der Waals surface area (Å²) in [6, 6.07) is 3.28. The van der Waals surface area contributed by atoms with Crippen molar-refractivity contribution in [3.8, 4) is 5.75 Å². The van der Waals surface area contributed by atoms with Crippen LogP contribution in [0, 0.1) is 5.82 Å². The van der Waals surface area contributed by atoms with Crippen LogP contribution < -0.4 is 4.74 Å². The van der Waals surface area contributed by atoms with Crippen molar-refractivity contribution < 1.29 is 27.4 Å². The molecule has 2 heterocycles. The zero-order chi connectivity index (χ0) is 16.8. The van der Waals surface area contributed by atoms with E-state index in [4.69, 9.17) is 0 Å². The van der Waals surface area contributed by atoms with Crippen molar-refractivity contribution in [2.75, 3.05) is 7.05 Å². The third kappa shape index (κ3) is 3.30. The highest BCUT2D eigenvalue weighted by Gasteiger charge is 2.46. The Bertz CT molecular complexity index is 576. The van der Waals surface area contributed by atoms with Crippen molar-refractivity contribution in [2.24, 2.45) is 0 Å². The van der Waals surface area contributed by atoms with Crippen LogP contribution in [0.15, 0.2) is 18.2 Å². The minimum absolute atomic E-state index is 0.0528. The molecule has 23 heavy (non-hydrogen) atoms. The number of piperidine rings is 2. The van der Waals surface area contributed by atoms with Crippen LogP contribution in [-0.4, -0.2) is 35.5 Å². The fraction of sp³-hybridized carbons (Fsp3) is 0.625. The lowest BCUT2D eigenvalue weighted by atomic mass is 9.72. The molecule has 2 aliphatic heterocycles. The molecule has 0 amide bonds. The summed E-state index contributed by atoms with van der Waals surface area (Å²) < 4.78 is 54.6. The minimum Gasteiger partial charge on any atom is -0.406 e. The van der Waals surface area contributed by atoms with Gasteiger partial charge in [-0.3, -0.25) is 0 Å². The third-order valence-electron chi connectivity index (χ3n) is 5.05. The molecule has 0 aliphatic carbocycles. The first-order valence-electron chi connectivity index (χ1n) is 7.68. The first-order chi connectivity index (χ1) is 10.7.